The lowest BCUT2D eigenvalue weighted by Gasteiger charge is -2.19. The molecule has 0 saturated heterocycles. The maximum Gasteiger partial charge on any atom is 0.101 e. The van der Waals surface area contributed by atoms with E-state index < -0.39 is 6.10 Å². The molecule has 0 amide bonds. The minimum Gasteiger partial charge on any atom is -0.388 e. The molecular formula is C9H20O3. The molecule has 74 valence electrons. The van der Waals surface area contributed by atoms with Crippen LogP contribution in [0.3, 0.4) is 0 Å². The van der Waals surface area contributed by atoms with Crippen molar-refractivity contribution in [1.29, 1.82) is 0 Å². The fourth-order valence-electron chi connectivity index (χ4n) is 0.742. The largest absolute Gasteiger partial charge is 0.388 e. The van der Waals surface area contributed by atoms with Gasteiger partial charge in [0.1, 0.15) is 6.10 Å². The number of hydrogen-bond donors (Lipinski definition) is 1. The molecule has 12 heavy (non-hydrogen) atoms. The van der Waals surface area contributed by atoms with Crippen LogP contribution in [0, 0.1) is 5.41 Å². The van der Waals surface area contributed by atoms with E-state index in [9.17, 15) is 5.11 Å². The lowest BCUT2D eigenvalue weighted by atomic mass is 9.99. The van der Waals surface area contributed by atoms with Crippen molar-refractivity contribution < 1.29 is 14.6 Å². The third-order valence-corrected chi connectivity index (χ3v) is 1.20. The average molecular weight is 176 g/mol. The molecular weight excluding hydrogens is 156 g/mol. The monoisotopic (exact) mass is 176 g/mol. The van der Waals surface area contributed by atoms with Gasteiger partial charge in [0.25, 0.3) is 0 Å². The summed E-state index contributed by atoms with van der Waals surface area (Å²) in [6.45, 7) is 7.63. The number of ether oxygens (including phenoxy) is 2. The number of aliphatic hydroxyl groups is 1. The van der Waals surface area contributed by atoms with Crippen LogP contribution >= 0.6 is 0 Å². The van der Waals surface area contributed by atoms with Crippen molar-refractivity contribution in [2.75, 3.05) is 26.9 Å². The topological polar surface area (TPSA) is 38.7 Å². The molecule has 0 aromatic heterocycles. The van der Waals surface area contributed by atoms with E-state index in [1.165, 1.54) is 0 Å². The highest BCUT2D eigenvalue weighted by molar-refractivity contribution is 4.60. The Bertz CT molecular complexity index is 107. The second-order valence-corrected chi connectivity index (χ2v) is 4.18. The Morgan fingerprint density at radius 2 is 1.83 bits per heavy atom. The molecule has 0 fully saturated rings. The van der Waals surface area contributed by atoms with E-state index in [0.29, 0.717) is 19.8 Å². The Morgan fingerprint density at radius 3 is 2.25 bits per heavy atom. The van der Waals surface area contributed by atoms with Gasteiger partial charge in [-0.05, 0) is 5.41 Å². The summed E-state index contributed by atoms with van der Waals surface area (Å²) in [4.78, 5) is 0. The van der Waals surface area contributed by atoms with Crippen LogP contribution in [0.4, 0.5) is 0 Å². The Hall–Kier alpha value is -0.120. The number of aliphatic hydroxyl groups excluding tert-OH is 1. The third-order valence-electron chi connectivity index (χ3n) is 1.20. The summed E-state index contributed by atoms with van der Waals surface area (Å²) in [5.74, 6) is 0. The van der Waals surface area contributed by atoms with Gasteiger partial charge in [0.05, 0.1) is 19.8 Å². The highest BCUT2D eigenvalue weighted by atomic mass is 16.5. The van der Waals surface area contributed by atoms with Crippen molar-refractivity contribution in [3.8, 4) is 0 Å². The van der Waals surface area contributed by atoms with Crippen LogP contribution in [0.2, 0.25) is 0 Å². The van der Waals surface area contributed by atoms with Crippen LogP contribution in [-0.2, 0) is 9.47 Å². The van der Waals surface area contributed by atoms with E-state index in [1.54, 1.807) is 7.11 Å². The highest BCUT2D eigenvalue weighted by Crippen LogP contribution is 2.12. The molecule has 0 rings (SSSR count). The standard InChI is InChI=1S/C9H20O3/c1-9(2,3)7-12-6-8(10)5-11-4/h8,10H,5-7H2,1-4H3. The molecule has 0 aliphatic heterocycles. The van der Waals surface area contributed by atoms with Crippen molar-refractivity contribution >= 4 is 0 Å². The molecule has 1 N–H and O–H groups in total. The van der Waals surface area contributed by atoms with Crippen molar-refractivity contribution in [3.05, 3.63) is 0 Å². The molecule has 0 aromatic rings. The first-order chi connectivity index (χ1) is 5.45. The SMILES string of the molecule is COCC(O)COCC(C)(C)C. The molecule has 0 aliphatic rings. The second-order valence-electron chi connectivity index (χ2n) is 4.18. The van der Waals surface area contributed by atoms with E-state index in [4.69, 9.17) is 9.47 Å². The third kappa shape index (κ3) is 7.98. The van der Waals surface area contributed by atoms with Crippen molar-refractivity contribution in [3.63, 3.8) is 0 Å². The van der Waals surface area contributed by atoms with Crippen LogP contribution in [0.5, 0.6) is 0 Å². The van der Waals surface area contributed by atoms with Gasteiger partial charge >= 0.3 is 0 Å². The fraction of sp³-hybridized carbons (Fsp3) is 1.00. The summed E-state index contributed by atoms with van der Waals surface area (Å²) >= 11 is 0. The van der Waals surface area contributed by atoms with Gasteiger partial charge < -0.3 is 14.6 Å². The highest BCUT2D eigenvalue weighted by Gasteiger charge is 2.11. The van der Waals surface area contributed by atoms with Gasteiger partial charge in [-0.2, -0.15) is 0 Å². The second kappa shape index (κ2) is 5.51. The van der Waals surface area contributed by atoms with E-state index >= 15 is 0 Å². The van der Waals surface area contributed by atoms with Crippen molar-refractivity contribution in [2.45, 2.75) is 26.9 Å². The first kappa shape index (κ1) is 11.9. The Morgan fingerprint density at radius 1 is 1.25 bits per heavy atom. The molecule has 0 radical (unpaired) electrons. The van der Waals surface area contributed by atoms with Gasteiger partial charge in [-0.25, -0.2) is 0 Å². The van der Waals surface area contributed by atoms with Gasteiger partial charge in [0, 0.05) is 7.11 Å². The van der Waals surface area contributed by atoms with Gasteiger partial charge in [-0.3, -0.25) is 0 Å². The van der Waals surface area contributed by atoms with E-state index in [2.05, 4.69) is 20.8 Å². The first-order valence-corrected chi connectivity index (χ1v) is 4.20. The molecule has 0 heterocycles. The zero-order valence-corrected chi connectivity index (χ0v) is 8.46. The normalized spacial score (nSPS) is 14.8. The van der Waals surface area contributed by atoms with E-state index in [1.807, 2.05) is 0 Å². The van der Waals surface area contributed by atoms with Crippen molar-refractivity contribution in [1.82, 2.24) is 0 Å². The molecule has 3 heteroatoms. The molecule has 3 nitrogen and oxygen atoms in total. The Labute approximate surface area is 74.7 Å². The molecule has 0 saturated carbocycles. The summed E-state index contributed by atoms with van der Waals surface area (Å²) in [6.07, 6.45) is -0.502. The number of hydrogen-bond acceptors (Lipinski definition) is 3. The summed E-state index contributed by atoms with van der Waals surface area (Å²) in [7, 11) is 1.56. The van der Waals surface area contributed by atoms with Gasteiger partial charge in [-0.15, -0.1) is 0 Å². The first-order valence-electron chi connectivity index (χ1n) is 4.20. The molecule has 0 bridgehead atoms. The Kier molecular flexibility index (Phi) is 5.46. The minimum absolute atomic E-state index is 0.160. The zero-order valence-electron chi connectivity index (χ0n) is 8.46. The quantitative estimate of drug-likeness (QED) is 0.680. The molecule has 0 spiro atoms. The molecule has 0 aromatic carbocycles. The fourth-order valence-corrected chi connectivity index (χ4v) is 0.742. The maximum absolute atomic E-state index is 9.20. The maximum atomic E-state index is 9.20. The summed E-state index contributed by atoms with van der Waals surface area (Å²) in [5.41, 5.74) is 0.160. The Balaban J connectivity index is 3.31. The van der Waals surface area contributed by atoms with Crippen LogP contribution in [-0.4, -0.2) is 38.1 Å². The van der Waals surface area contributed by atoms with E-state index in [-0.39, 0.29) is 5.41 Å². The number of methoxy groups -OCH3 is 1. The number of rotatable bonds is 5. The van der Waals surface area contributed by atoms with Crippen molar-refractivity contribution in [2.24, 2.45) is 5.41 Å². The zero-order chi connectivity index (χ0) is 9.61. The molecule has 1 unspecified atom stereocenters. The van der Waals surface area contributed by atoms with Crippen LogP contribution in [0.15, 0.2) is 0 Å². The van der Waals surface area contributed by atoms with Crippen LogP contribution in [0.1, 0.15) is 20.8 Å². The smallest absolute Gasteiger partial charge is 0.101 e. The van der Waals surface area contributed by atoms with E-state index in [0.717, 1.165) is 0 Å². The average Bonchev–Trinajstić information content (AvgIpc) is 1.84. The summed E-state index contributed by atoms with van der Waals surface area (Å²) < 4.78 is 10.0. The summed E-state index contributed by atoms with van der Waals surface area (Å²) in [5, 5.41) is 9.20. The lowest BCUT2D eigenvalue weighted by molar-refractivity contribution is -0.0238. The molecule has 0 aliphatic carbocycles. The lowest BCUT2D eigenvalue weighted by Crippen LogP contribution is -2.24. The predicted molar refractivity (Wildman–Crippen MR) is 48.2 cm³/mol. The van der Waals surface area contributed by atoms with Crippen LogP contribution in [0.25, 0.3) is 0 Å². The van der Waals surface area contributed by atoms with Gasteiger partial charge in [-0.1, -0.05) is 20.8 Å². The minimum atomic E-state index is -0.502. The summed E-state index contributed by atoms with van der Waals surface area (Å²) in [6, 6.07) is 0. The van der Waals surface area contributed by atoms with Crippen LogP contribution < -0.4 is 0 Å². The van der Waals surface area contributed by atoms with Gasteiger partial charge in [0.15, 0.2) is 0 Å². The van der Waals surface area contributed by atoms with Gasteiger partial charge in [0.2, 0.25) is 0 Å². The molecule has 1 atom stereocenters. The predicted octanol–water partition coefficient (Wildman–Crippen LogP) is 1.06.